The first-order valence-corrected chi connectivity index (χ1v) is 7.29. The Morgan fingerprint density at radius 1 is 1.32 bits per heavy atom. The van der Waals surface area contributed by atoms with Crippen molar-refractivity contribution >= 4 is 11.7 Å². The normalized spacial score (nSPS) is 20.5. The lowest BCUT2D eigenvalue weighted by molar-refractivity contribution is -0.141. The number of hydrogen-bond acceptors (Lipinski definition) is 5. The van der Waals surface area contributed by atoms with Crippen LogP contribution in [0.3, 0.4) is 0 Å². The van der Waals surface area contributed by atoms with Gasteiger partial charge in [0.25, 0.3) is 0 Å². The van der Waals surface area contributed by atoms with E-state index in [9.17, 15) is 4.79 Å². The fraction of sp³-hybridized carbons (Fsp3) is 0.294. The minimum Gasteiger partial charge on any atom is -0.489 e. The van der Waals surface area contributed by atoms with Crippen LogP contribution in [0.1, 0.15) is 18.9 Å². The molecule has 1 N–H and O–H groups in total. The fourth-order valence-corrected chi connectivity index (χ4v) is 2.37. The molecule has 0 unspecified atom stereocenters. The number of aromatic nitrogens is 1. The molecule has 0 aliphatic carbocycles. The molecule has 5 heteroatoms. The van der Waals surface area contributed by atoms with Crippen molar-refractivity contribution in [3.8, 4) is 5.75 Å². The molecular formula is C17H18N2O3. The van der Waals surface area contributed by atoms with Crippen molar-refractivity contribution in [3.05, 3.63) is 54.4 Å². The van der Waals surface area contributed by atoms with Gasteiger partial charge >= 0.3 is 5.97 Å². The Labute approximate surface area is 129 Å². The number of rotatable bonds is 5. The molecule has 2 atom stereocenters. The van der Waals surface area contributed by atoms with E-state index in [2.05, 4.69) is 10.3 Å². The number of ether oxygens (including phenoxy) is 2. The highest BCUT2D eigenvalue weighted by Crippen LogP contribution is 2.21. The maximum Gasteiger partial charge on any atom is 0.328 e. The van der Waals surface area contributed by atoms with Crippen molar-refractivity contribution < 1.29 is 14.3 Å². The quantitative estimate of drug-likeness (QED) is 0.860. The summed E-state index contributed by atoms with van der Waals surface area (Å²) in [4.78, 5) is 15.6. The molecule has 1 aliphatic rings. The number of esters is 1. The molecule has 0 radical (unpaired) electrons. The fourth-order valence-electron chi connectivity index (χ4n) is 2.37. The van der Waals surface area contributed by atoms with Crippen LogP contribution in [0.15, 0.2) is 48.8 Å². The first kappa shape index (κ1) is 14.4. The van der Waals surface area contributed by atoms with E-state index in [1.165, 1.54) is 0 Å². The maximum absolute atomic E-state index is 11.6. The summed E-state index contributed by atoms with van der Waals surface area (Å²) in [5.74, 6) is 0.584. The summed E-state index contributed by atoms with van der Waals surface area (Å²) in [5.41, 5.74) is 1.90. The highest BCUT2D eigenvalue weighted by atomic mass is 16.6. The van der Waals surface area contributed by atoms with E-state index in [1.54, 1.807) is 12.4 Å². The van der Waals surface area contributed by atoms with Gasteiger partial charge in [0.1, 0.15) is 24.5 Å². The van der Waals surface area contributed by atoms with E-state index in [0.29, 0.717) is 13.0 Å². The van der Waals surface area contributed by atoms with Crippen molar-refractivity contribution in [1.82, 2.24) is 4.98 Å². The number of carbonyl (C=O) groups is 1. The smallest absolute Gasteiger partial charge is 0.328 e. The van der Waals surface area contributed by atoms with E-state index in [-0.39, 0.29) is 18.1 Å². The number of cyclic esters (lactones) is 1. The van der Waals surface area contributed by atoms with Gasteiger partial charge in [0.2, 0.25) is 0 Å². The molecule has 1 saturated heterocycles. The van der Waals surface area contributed by atoms with Crippen molar-refractivity contribution in [2.24, 2.45) is 0 Å². The number of carbonyl (C=O) groups excluding carboxylic acids is 1. The molecule has 114 valence electrons. The van der Waals surface area contributed by atoms with E-state index >= 15 is 0 Å². The number of nitrogens with one attached hydrogen (secondary N) is 1. The van der Waals surface area contributed by atoms with Crippen LogP contribution < -0.4 is 10.1 Å². The summed E-state index contributed by atoms with van der Waals surface area (Å²) < 4.78 is 10.8. The standard InChI is InChI=1S/C17H18N2O3/c1-12-9-16(17(20)22-12)19-14-4-6-15(7-5-14)21-11-13-3-2-8-18-10-13/h2-8,10,12,16,19H,9,11H2,1H3/t12-,16-/m1/s1. The van der Waals surface area contributed by atoms with Crippen molar-refractivity contribution in [2.45, 2.75) is 32.1 Å². The topological polar surface area (TPSA) is 60.5 Å². The van der Waals surface area contributed by atoms with Gasteiger partial charge in [0, 0.05) is 30.1 Å². The monoisotopic (exact) mass is 298 g/mol. The zero-order chi connectivity index (χ0) is 15.4. The molecule has 2 heterocycles. The molecule has 1 fully saturated rings. The second-order valence-corrected chi connectivity index (χ2v) is 5.35. The molecule has 2 aromatic rings. The minimum atomic E-state index is -0.267. The molecule has 5 nitrogen and oxygen atoms in total. The van der Waals surface area contributed by atoms with Crippen molar-refractivity contribution in [1.29, 1.82) is 0 Å². The molecular weight excluding hydrogens is 280 g/mol. The lowest BCUT2D eigenvalue weighted by atomic mass is 10.2. The molecule has 0 bridgehead atoms. The van der Waals surface area contributed by atoms with Gasteiger partial charge in [0.15, 0.2) is 0 Å². The Hall–Kier alpha value is -2.56. The van der Waals surface area contributed by atoms with Crippen LogP contribution in [0.2, 0.25) is 0 Å². The first-order valence-electron chi connectivity index (χ1n) is 7.29. The summed E-state index contributed by atoms with van der Waals surface area (Å²) >= 11 is 0. The van der Waals surface area contributed by atoms with Gasteiger partial charge in [-0.2, -0.15) is 0 Å². The van der Waals surface area contributed by atoms with Crippen LogP contribution in [0, 0.1) is 0 Å². The summed E-state index contributed by atoms with van der Waals surface area (Å²) in [5, 5.41) is 3.18. The van der Waals surface area contributed by atoms with Crippen LogP contribution in [0.4, 0.5) is 5.69 Å². The van der Waals surface area contributed by atoms with E-state index < -0.39 is 0 Å². The van der Waals surface area contributed by atoms with Gasteiger partial charge in [-0.3, -0.25) is 4.98 Å². The largest absolute Gasteiger partial charge is 0.489 e. The van der Waals surface area contributed by atoms with Gasteiger partial charge in [-0.1, -0.05) is 6.07 Å². The summed E-state index contributed by atoms with van der Waals surface area (Å²) in [7, 11) is 0. The van der Waals surface area contributed by atoms with Crippen LogP contribution in [-0.2, 0) is 16.1 Å². The summed E-state index contributed by atoms with van der Waals surface area (Å²) in [6.07, 6.45) is 4.19. The third kappa shape index (κ3) is 3.55. The summed E-state index contributed by atoms with van der Waals surface area (Å²) in [6, 6.07) is 11.1. The third-order valence-electron chi connectivity index (χ3n) is 3.49. The van der Waals surface area contributed by atoms with Crippen LogP contribution in [-0.4, -0.2) is 23.1 Å². The van der Waals surface area contributed by atoms with Gasteiger partial charge < -0.3 is 14.8 Å². The average Bonchev–Trinajstić information content (AvgIpc) is 2.85. The number of pyridine rings is 1. The highest BCUT2D eigenvalue weighted by Gasteiger charge is 2.31. The minimum absolute atomic E-state index is 0.0212. The number of anilines is 1. The lowest BCUT2D eigenvalue weighted by Crippen LogP contribution is -2.24. The predicted molar refractivity (Wildman–Crippen MR) is 82.6 cm³/mol. The Kier molecular flexibility index (Phi) is 4.23. The molecule has 0 spiro atoms. The number of benzene rings is 1. The molecule has 0 saturated carbocycles. The van der Waals surface area contributed by atoms with Gasteiger partial charge in [0.05, 0.1) is 0 Å². The highest BCUT2D eigenvalue weighted by molar-refractivity contribution is 5.81. The Balaban J connectivity index is 1.55. The van der Waals surface area contributed by atoms with Crippen molar-refractivity contribution in [2.75, 3.05) is 5.32 Å². The van der Waals surface area contributed by atoms with Crippen LogP contribution >= 0.6 is 0 Å². The molecule has 1 aromatic carbocycles. The van der Waals surface area contributed by atoms with Crippen LogP contribution in [0.5, 0.6) is 5.75 Å². The maximum atomic E-state index is 11.6. The lowest BCUT2D eigenvalue weighted by Gasteiger charge is -2.11. The molecule has 0 amide bonds. The zero-order valence-corrected chi connectivity index (χ0v) is 12.4. The van der Waals surface area contributed by atoms with Crippen LogP contribution in [0.25, 0.3) is 0 Å². The SMILES string of the molecule is C[C@@H]1C[C@@H](Nc2ccc(OCc3cccnc3)cc2)C(=O)O1. The summed E-state index contributed by atoms with van der Waals surface area (Å²) in [6.45, 7) is 2.38. The number of hydrogen-bond donors (Lipinski definition) is 1. The molecule has 1 aliphatic heterocycles. The van der Waals surface area contributed by atoms with Gasteiger partial charge in [-0.15, -0.1) is 0 Å². The molecule has 3 rings (SSSR count). The van der Waals surface area contributed by atoms with Crippen molar-refractivity contribution in [3.63, 3.8) is 0 Å². The Morgan fingerprint density at radius 2 is 2.14 bits per heavy atom. The number of nitrogens with zero attached hydrogens (tertiary/aromatic N) is 1. The second kappa shape index (κ2) is 6.47. The van der Waals surface area contributed by atoms with Gasteiger partial charge in [-0.25, -0.2) is 4.79 Å². The first-order chi connectivity index (χ1) is 10.7. The van der Waals surface area contributed by atoms with Gasteiger partial charge in [-0.05, 0) is 37.3 Å². The molecule has 1 aromatic heterocycles. The van der Waals surface area contributed by atoms with E-state index in [4.69, 9.17) is 9.47 Å². The Bertz CT molecular complexity index is 628. The van der Waals surface area contributed by atoms with E-state index in [1.807, 2.05) is 43.3 Å². The Morgan fingerprint density at radius 3 is 2.77 bits per heavy atom. The second-order valence-electron chi connectivity index (χ2n) is 5.35. The zero-order valence-electron chi connectivity index (χ0n) is 12.4. The third-order valence-corrected chi connectivity index (χ3v) is 3.49. The predicted octanol–water partition coefficient (Wildman–Crippen LogP) is 2.78. The van der Waals surface area contributed by atoms with E-state index in [0.717, 1.165) is 17.0 Å². The molecule has 22 heavy (non-hydrogen) atoms. The average molecular weight is 298 g/mol.